The summed E-state index contributed by atoms with van der Waals surface area (Å²) in [5.74, 6) is 0.109. The Bertz CT molecular complexity index is 751. The third-order valence-corrected chi connectivity index (χ3v) is 4.51. The predicted molar refractivity (Wildman–Crippen MR) is 80.9 cm³/mol. The van der Waals surface area contributed by atoms with E-state index in [0.717, 1.165) is 15.7 Å². The molecule has 0 saturated carbocycles. The van der Waals surface area contributed by atoms with Crippen molar-refractivity contribution < 1.29 is 17.7 Å². The molecule has 0 radical (unpaired) electrons. The summed E-state index contributed by atoms with van der Waals surface area (Å²) in [7, 11) is -2.58. The zero-order chi connectivity index (χ0) is 15.8. The molecule has 1 aromatic heterocycles. The van der Waals surface area contributed by atoms with E-state index in [1.807, 2.05) is 6.92 Å². The van der Waals surface area contributed by atoms with E-state index >= 15 is 0 Å². The molecule has 0 bridgehead atoms. The number of benzene rings is 1. The van der Waals surface area contributed by atoms with E-state index in [4.69, 9.17) is 4.74 Å². The molecule has 114 valence electrons. The van der Waals surface area contributed by atoms with Gasteiger partial charge >= 0.3 is 0 Å². The molecule has 0 fully saturated rings. The van der Waals surface area contributed by atoms with E-state index in [9.17, 15) is 13.0 Å². The molecule has 8 heteroatoms. The molecular formula is C13H15BrN2O4S. The molecule has 2 rings (SSSR count). The first-order valence-electron chi connectivity index (χ1n) is 6.12. The first kappa shape index (κ1) is 16.0. The van der Waals surface area contributed by atoms with Gasteiger partial charge in [-0.3, -0.25) is 9.23 Å². The van der Waals surface area contributed by atoms with E-state index in [1.54, 1.807) is 37.0 Å². The van der Waals surface area contributed by atoms with Crippen LogP contribution in [0.1, 0.15) is 24.3 Å². The molecule has 0 aliphatic heterocycles. The standard InChI is InChI=1S/C13H15BrN2O4S/c1-8-4-5-12(21(17,18)19)11(6-8)20-9(2)13-10(14)7-15-16(13)3/h4-7,9H,1-3H3,(H,17,18,19). The Morgan fingerprint density at radius 2 is 2.10 bits per heavy atom. The number of aromatic nitrogens is 2. The monoisotopic (exact) mass is 374 g/mol. The maximum atomic E-state index is 11.4. The lowest BCUT2D eigenvalue weighted by Gasteiger charge is -2.18. The van der Waals surface area contributed by atoms with Crippen molar-refractivity contribution in [3.63, 3.8) is 0 Å². The lowest BCUT2D eigenvalue weighted by Crippen LogP contribution is -2.12. The van der Waals surface area contributed by atoms with E-state index in [0.29, 0.717) is 0 Å². The van der Waals surface area contributed by atoms with E-state index in [-0.39, 0.29) is 10.6 Å². The molecule has 1 heterocycles. The summed E-state index contributed by atoms with van der Waals surface area (Å²) in [6.07, 6.45) is 1.18. The number of nitrogens with zero attached hydrogens (tertiary/aromatic N) is 2. The van der Waals surface area contributed by atoms with Crippen molar-refractivity contribution in [3.05, 3.63) is 40.1 Å². The molecule has 1 aromatic carbocycles. The van der Waals surface area contributed by atoms with Gasteiger partial charge in [0.25, 0.3) is 10.1 Å². The topological polar surface area (TPSA) is 81.4 Å². The van der Waals surface area contributed by atoms with Gasteiger partial charge in [0.05, 0.1) is 16.4 Å². The average molecular weight is 375 g/mol. The molecule has 21 heavy (non-hydrogen) atoms. The van der Waals surface area contributed by atoms with Crippen LogP contribution in [0.5, 0.6) is 5.75 Å². The Hall–Kier alpha value is -1.38. The van der Waals surface area contributed by atoms with E-state index < -0.39 is 16.2 Å². The minimum Gasteiger partial charge on any atom is -0.483 e. The van der Waals surface area contributed by atoms with Crippen LogP contribution in [0.3, 0.4) is 0 Å². The third-order valence-electron chi connectivity index (χ3n) is 3.00. The molecule has 0 aliphatic carbocycles. The third kappa shape index (κ3) is 3.45. The largest absolute Gasteiger partial charge is 0.483 e. The number of rotatable bonds is 4. The van der Waals surface area contributed by atoms with Crippen molar-refractivity contribution in [3.8, 4) is 5.75 Å². The van der Waals surface area contributed by atoms with Gasteiger partial charge in [-0.25, -0.2) is 0 Å². The summed E-state index contributed by atoms with van der Waals surface area (Å²) in [4.78, 5) is -0.252. The van der Waals surface area contributed by atoms with Crippen molar-refractivity contribution >= 4 is 26.0 Å². The average Bonchev–Trinajstić information content (AvgIpc) is 2.67. The highest BCUT2D eigenvalue weighted by atomic mass is 79.9. The van der Waals surface area contributed by atoms with Crippen LogP contribution in [0, 0.1) is 6.92 Å². The van der Waals surface area contributed by atoms with Gasteiger partial charge in [-0.15, -0.1) is 0 Å². The first-order valence-corrected chi connectivity index (χ1v) is 8.35. The predicted octanol–water partition coefficient (Wildman–Crippen LogP) is 2.88. The summed E-state index contributed by atoms with van der Waals surface area (Å²) in [5, 5.41) is 4.09. The van der Waals surface area contributed by atoms with Crippen molar-refractivity contribution in [1.29, 1.82) is 0 Å². The van der Waals surface area contributed by atoms with Gasteiger partial charge in [0.1, 0.15) is 16.7 Å². The number of halogens is 1. The molecule has 1 atom stereocenters. The molecule has 6 nitrogen and oxygen atoms in total. The highest BCUT2D eigenvalue weighted by Crippen LogP contribution is 2.31. The van der Waals surface area contributed by atoms with Gasteiger partial charge in [0, 0.05) is 7.05 Å². The summed E-state index contributed by atoms with van der Waals surface area (Å²) < 4.78 is 40.2. The summed E-state index contributed by atoms with van der Waals surface area (Å²) >= 11 is 3.37. The lowest BCUT2D eigenvalue weighted by atomic mass is 10.2. The minimum atomic E-state index is -4.34. The zero-order valence-corrected chi connectivity index (χ0v) is 14.1. The maximum Gasteiger partial charge on any atom is 0.298 e. The fourth-order valence-electron chi connectivity index (χ4n) is 2.04. The highest BCUT2D eigenvalue weighted by Gasteiger charge is 2.21. The van der Waals surface area contributed by atoms with Gasteiger partial charge < -0.3 is 4.74 Å². The molecule has 1 unspecified atom stereocenters. The number of aryl methyl sites for hydroxylation is 2. The van der Waals surface area contributed by atoms with Gasteiger partial charge in [-0.1, -0.05) is 6.07 Å². The highest BCUT2D eigenvalue weighted by molar-refractivity contribution is 9.10. The van der Waals surface area contributed by atoms with Crippen LogP contribution >= 0.6 is 15.9 Å². The van der Waals surface area contributed by atoms with Crippen molar-refractivity contribution in [2.75, 3.05) is 0 Å². The van der Waals surface area contributed by atoms with Crippen LogP contribution in [0.25, 0.3) is 0 Å². The van der Waals surface area contributed by atoms with Crippen LogP contribution in [0.15, 0.2) is 33.8 Å². The van der Waals surface area contributed by atoms with E-state index in [1.165, 1.54) is 6.07 Å². The van der Waals surface area contributed by atoms with Crippen LogP contribution in [0.4, 0.5) is 0 Å². The Balaban J connectivity index is 2.42. The van der Waals surface area contributed by atoms with Crippen molar-refractivity contribution in [1.82, 2.24) is 9.78 Å². The van der Waals surface area contributed by atoms with Crippen LogP contribution in [-0.2, 0) is 17.2 Å². The second-order valence-corrected chi connectivity index (χ2v) is 6.93. The van der Waals surface area contributed by atoms with Crippen LogP contribution in [0.2, 0.25) is 0 Å². The minimum absolute atomic E-state index is 0.109. The van der Waals surface area contributed by atoms with Crippen molar-refractivity contribution in [2.45, 2.75) is 24.8 Å². The maximum absolute atomic E-state index is 11.4. The van der Waals surface area contributed by atoms with Gasteiger partial charge in [0.15, 0.2) is 0 Å². The molecule has 0 amide bonds. The second kappa shape index (κ2) is 5.78. The van der Waals surface area contributed by atoms with Crippen LogP contribution in [-0.4, -0.2) is 22.8 Å². The summed E-state index contributed by atoms with van der Waals surface area (Å²) in [6, 6.07) is 4.50. The first-order chi connectivity index (χ1) is 9.70. The Morgan fingerprint density at radius 1 is 1.43 bits per heavy atom. The molecule has 2 aromatic rings. The summed E-state index contributed by atoms with van der Waals surface area (Å²) in [6.45, 7) is 3.59. The van der Waals surface area contributed by atoms with E-state index in [2.05, 4.69) is 21.0 Å². The summed E-state index contributed by atoms with van der Waals surface area (Å²) in [5.41, 5.74) is 1.59. The lowest BCUT2D eigenvalue weighted by molar-refractivity contribution is 0.209. The molecule has 0 spiro atoms. The fourth-order valence-corrected chi connectivity index (χ4v) is 3.32. The van der Waals surface area contributed by atoms with Gasteiger partial charge in [0.2, 0.25) is 0 Å². The van der Waals surface area contributed by atoms with Crippen LogP contribution < -0.4 is 4.74 Å². The van der Waals surface area contributed by atoms with Gasteiger partial charge in [-0.2, -0.15) is 13.5 Å². The number of ether oxygens (including phenoxy) is 1. The SMILES string of the molecule is Cc1ccc(S(=O)(=O)O)c(OC(C)c2c(Br)cnn2C)c1. The Labute approximate surface area is 131 Å². The smallest absolute Gasteiger partial charge is 0.298 e. The molecular weight excluding hydrogens is 360 g/mol. The zero-order valence-electron chi connectivity index (χ0n) is 11.7. The van der Waals surface area contributed by atoms with Gasteiger partial charge in [-0.05, 0) is 47.5 Å². The molecule has 1 N–H and O–H groups in total. The second-order valence-electron chi connectivity index (χ2n) is 4.69. The Kier molecular flexibility index (Phi) is 4.40. The number of hydrogen-bond donors (Lipinski definition) is 1. The fraction of sp³-hybridized carbons (Fsp3) is 0.308. The number of hydrogen-bond acceptors (Lipinski definition) is 4. The van der Waals surface area contributed by atoms with Crippen molar-refractivity contribution in [2.24, 2.45) is 7.05 Å². The molecule has 0 aliphatic rings. The normalized spacial score (nSPS) is 13.2. The quantitative estimate of drug-likeness (QED) is 0.832. The Morgan fingerprint density at radius 3 is 2.62 bits per heavy atom. The molecule has 0 saturated heterocycles.